The van der Waals surface area contributed by atoms with Gasteiger partial charge in [0.05, 0.1) is 11.5 Å². The van der Waals surface area contributed by atoms with Gasteiger partial charge < -0.3 is 10.6 Å². The maximum atomic E-state index is 12.8. The van der Waals surface area contributed by atoms with E-state index in [2.05, 4.69) is 15.6 Å². The topological polar surface area (TPSA) is 54.0 Å². The first-order valence-electron chi connectivity index (χ1n) is 6.92. The minimum absolute atomic E-state index is 0.0211. The summed E-state index contributed by atoms with van der Waals surface area (Å²) in [4.78, 5) is 15.8. The molecule has 0 aromatic carbocycles. The average Bonchev–Trinajstić information content (AvgIpc) is 2.46. The second kappa shape index (κ2) is 6.32. The van der Waals surface area contributed by atoms with Gasteiger partial charge in [-0.1, -0.05) is 6.42 Å². The van der Waals surface area contributed by atoms with E-state index in [4.69, 9.17) is 0 Å². The van der Waals surface area contributed by atoms with Crippen molar-refractivity contribution in [2.24, 2.45) is 5.92 Å². The molecule has 0 unspecified atom stereocenters. The molecule has 7 heteroatoms. The van der Waals surface area contributed by atoms with Crippen molar-refractivity contribution in [2.45, 2.75) is 37.9 Å². The van der Waals surface area contributed by atoms with E-state index < -0.39 is 12.1 Å². The molecule has 0 bridgehead atoms. The first-order valence-corrected chi connectivity index (χ1v) is 6.92. The number of carbonyl (C=O) groups excluding carboxylic acids is 1. The summed E-state index contributed by atoms with van der Waals surface area (Å²) in [5, 5.41) is 5.49. The number of halogens is 3. The lowest BCUT2D eigenvalue weighted by atomic mass is 9.85. The number of nitrogens with one attached hydrogen (secondary N) is 2. The molecule has 1 saturated carbocycles. The summed E-state index contributed by atoms with van der Waals surface area (Å²) in [6, 6.07) is 2.90. The number of carbonyl (C=O) groups is 1. The summed E-state index contributed by atoms with van der Waals surface area (Å²) in [5.74, 6) is -1.26. The van der Waals surface area contributed by atoms with Gasteiger partial charge in [-0.2, -0.15) is 13.2 Å². The van der Waals surface area contributed by atoms with Crippen LogP contribution >= 0.6 is 0 Å². The third-order valence-electron chi connectivity index (χ3n) is 3.76. The Labute approximate surface area is 121 Å². The van der Waals surface area contributed by atoms with E-state index in [1.54, 1.807) is 12.1 Å². The van der Waals surface area contributed by atoms with E-state index in [1.807, 2.05) is 0 Å². The highest BCUT2D eigenvalue weighted by Crippen LogP contribution is 2.38. The highest BCUT2D eigenvalue weighted by atomic mass is 19.4. The largest absolute Gasteiger partial charge is 0.391 e. The zero-order valence-electron chi connectivity index (χ0n) is 11.7. The van der Waals surface area contributed by atoms with Gasteiger partial charge in [-0.3, -0.25) is 4.79 Å². The van der Waals surface area contributed by atoms with Gasteiger partial charge in [-0.15, -0.1) is 0 Å². The summed E-state index contributed by atoms with van der Waals surface area (Å²) < 4.78 is 38.4. The van der Waals surface area contributed by atoms with Crippen LogP contribution < -0.4 is 10.6 Å². The quantitative estimate of drug-likeness (QED) is 0.902. The Morgan fingerprint density at radius 2 is 2.14 bits per heavy atom. The van der Waals surface area contributed by atoms with Crippen LogP contribution in [-0.4, -0.2) is 30.2 Å². The molecule has 116 valence electrons. The summed E-state index contributed by atoms with van der Waals surface area (Å²) in [6.45, 7) is 0. The lowest BCUT2D eigenvalue weighted by molar-refractivity contribution is -0.182. The molecule has 0 spiro atoms. The lowest BCUT2D eigenvalue weighted by Gasteiger charge is -2.31. The molecular formula is C14H18F3N3O. The maximum absolute atomic E-state index is 12.8. The highest BCUT2D eigenvalue weighted by Gasteiger charge is 2.42. The zero-order chi connectivity index (χ0) is 15.5. The fourth-order valence-corrected chi connectivity index (χ4v) is 2.65. The predicted octanol–water partition coefficient (Wildman–Crippen LogP) is 2.97. The molecule has 1 heterocycles. The van der Waals surface area contributed by atoms with Crippen molar-refractivity contribution in [3.8, 4) is 0 Å². The first kappa shape index (κ1) is 15.6. The second-order valence-electron chi connectivity index (χ2n) is 5.23. The molecule has 1 amide bonds. The summed E-state index contributed by atoms with van der Waals surface area (Å²) in [6.07, 6.45) is -1.29. The van der Waals surface area contributed by atoms with E-state index >= 15 is 0 Å². The zero-order valence-corrected chi connectivity index (χ0v) is 11.7. The summed E-state index contributed by atoms with van der Waals surface area (Å²) in [7, 11) is 1.50. The third kappa shape index (κ3) is 3.86. The molecule has 2 atom stereocenters. The molecule has 21 heavy (non-hydrogen) atoms. The van der Waals surface area contributed by atoms with Crippen LogP contribution in [0.5, 0.6) is 0 Å². The van der Waals surface area contributed by atoms with Crippen LogP contribution in [0.3, 0.4) is 0 Å². The number of hydrogen-bond acceptors (Lipinski definition) is 3. The van der Waals surface area contributed by atoms with Gasteiger partial charge in [-0.05, 0) is 31.4 Å². The number of anilines is 1. The number of amides is 1. The second-order valence-corrected chi connectivity index (χ2v) is 5.23. The predicted molar refractivity (Wildman–Crippen MR) is 73.1 cm³/mol. The van der Waals surface area contributed by atoms with E-state index in [1.165, 1.54) is 13.2 Å². The van der Waals surface area contributed by atoms with Crippen molar-refractivity contribution >= 4 is 11.7 Å². The Bertz CT molecular complexity index is 504. The van der Waals surface area contributed by atoms with Crippen LogP contribution in [0, 0.1) is 5.92 Å². The molecular weight excluding hydrogens is 283 g/mol. The summed E-state index contributed by atoms with van der Waals surface area (Å²) in [5.41, 5.74) is 0.342. The number of alkyl halides is 3. The fraction of sp³-hybridized carbons (Fsp3) is 0.571. The molecule has 2 rings (SSSR count). The standard InChI is InChI=1S/C14H18F3N3O/c1-18-13(21)11-6-3-7-19-12(11)20-10-5-2-4-9(8-10)14(15,16)17/h3,6-7,9-10H,2,4-5,8H2,1H3,(H,18,21)(H,19,20)/t9-,10-/m0/s1. The smallest absolute Gasteiger partial charge is 0.367 e. The van der Waals surface area contributed by atoms with Crippen molar-refractivity contribution in [1.82, 2.24) is 10.3 Å². The molecule has 1 aliphatic rings. The number of pyridine rings is 1. The monoisotopic (exact) mass is 301 g/mol. The molecule has 0 aliphatic heterocycles. The van der Waals surface area contributed by atoms with Gasteiger partial charge >= 0.3 is 6.18 Å². The number of rotatable bonds is 3. The van der Waals surface area contributed by atoms with Crippen LogP contribution in [0.15, 0.2) is 18.3 Å². The van der Waals surface area contributed by atoms with Crippen molar-refractivity contribution in [3.05, 3.63) is 23.9 Å². The highest BCUT2D eigenvalue weighted by molar-refractivity contribution is 5.98. The van der Waals surface area contributed by atoms with E-state index in [0.717, 1.165) is 0 Å². The van der Waals surface area contributed by atoms with Gasteiger partial charge in [0, 0.05) is 19.3 Å². The molecule has 2 N–H and O–H groups in total. The van der Waals surface area contributed by atoms with Crippen LogP contribution in [0.4, 0.5) is 19.0 Å². The van der Waals surface area contributed by atoms with Crippen molar-refractivity contribution in [1.29, 1.82) is 0 Å². The van der Waals surface area contributed by atoms with Gasteiger partial charge in [-0.25, -0.2) is 4.98 Å². The first-order chi connectivity index (χ1) is 9.91. The molecule has 1 fully saturated rings. The molecule has 1 aromatic heterocycles. The van der Waals surface area contributed by atoms with Gasteiger partial charge in [0.1, 0.15) is 5.82 Å². The Balaban J connectivity index is 2.10. The SMILES string of the molecule is CNC(=O)c1cccnc1N[C@H]1CCC[C@H](C(F)(F)F)C1. The molecule has 1 aromatic rings. The van der Waals surface area contributed by atoms with Crippen LogP contribution in [0.1, 0.15) is 36.0 Å². The Kier molecular flexibility index (Phi) is 4.69. The van der Waals surface area contributed by atoms with Crippen molar-refractivity contribution in [3.63, 3.8) is 0 Å². The number of aromatic nitrogens is 1. The van der Waals surface area contributed by atoms with Gasteiger partial charge in [0.15, 0.2) is 0 Å². The Hall–Kier alpha value is -1.79. The maximum Gasteiger partial charge on any atom is 0.391 e. The van der Waals surface area contributed by atoms with E-state index in [0.29, 0.717) is 24.2 Å². The minimum Gasteiger partial charge on any atom is -0.367 e. The molecule has 4 nitrogen and oxygen atoms in total. The minimum atomic E-state index is -4.16. The average molecular weight is 301 g/mol. The number of nitrogens with zero attached hydrogens (tertiary/aromatic N) is 1. The molecule has 0 radical (unpaired) electrons. The number of hydrogen-bond donors (Lipinski definition) is 2. The molecule has 0 saturated heterocycles. The fourth-order valence-electron chi connectivity index (χ4n) is 2.65. The van der Waals surface area contributed by atoms with Crippen molar-refractivity contribution in [2.75, 3.05) is 12.4 Å². The third-order valence-corrected chi connectivity index (χ3v) is 3.76. The van der Waals surface area contributed by atoms with Gasteiger partial charge in [0.25, 0.3) is 5.91 Å². The summed E-state index contributed by atoms with van der Waals surface area (Å²) >= 11 is 0. The van der Waals surface area contributed by atoms with Crippen LogP contribution in [-0.2, 0) is 0 Å². The lowest BCUT2D eigenvalue weighted by Crippen LogP contribution is -2.35. The Morgan fingerprint density at radius 1 is 1.38 bits per heavy atom. The van der Waals surface area contributed by atoms with Crippen molar-refractivity contribution < 1.29 is 18.0 Å². The van der Waals surface area contributed by atoms with E-state index in [-0.39, 0.29) is 24.8 Å². The van der Waals surface area contributed by atoms with E-state index in [9.17, 15) is 18.0 Å². The Morgan fingerprint density at radius 3 is 2.81 bits per heavy atom. The van der Waals surface area contributed by atoms with Gasteiger partial charge in [0.2, 0.25) is 0 Å². The van der Waals surface area contributed by atoms with Crippen LogP contribution in [0.2, 0.25) is 0 Å². The normalized spacial score (nSPS) is 22.7. The van der Waals surface area contributed by atoms with Crippen LogP contribution in [0.25, 0.3) is 0 Å². The molecule has 1 aliphatic carbocycles.